The van der Waals surface area contributed by atoms with Crippen LogP contribution in [0.15, 0.2) is 71.5 Å². The van der Waals surface area contributed by atoms with Crippen molar-refractivity contribution in [2.45, 2.75) is 6.54 Å². The summed E-state index contributed by atoms with van der Waals surface area (Å²) in [6.07, 6.45) is 0. The first kappa shape index (κ1) is 18.2. The Hall–Kier alpha value is -3.87. The highest BCUT2D eigenvalue weighted by Gasteiger charge is 2.16. The van der Waals surface area contributed by atoms with Crippen LogP contribution in [0.1, 0.15) is 5.56 Å². The minimum atomic E-state index is -1.10. The number of H-pyrrole nitrogens is 1. The summed E-state index contributed by atoms with van der Waals surface area (Å²) < 4.78 is 43.2. The molecule has 0 aliphatic rings. The molecule has 0 unspecified atom stereocenters. The second-order valence-corrected chi connectivity index (χ2v) is 6.96. The lowest BCUT2D eigenvalue weighted by atomic mass is 10.1. The molecule has 3 aromatic carbocycles. The lowest BCUT2D eigenvalue weighted by Crippen LogP contribution is -2.11. The Kier molecular flexibility index (Phi) is 4.17. The maximum absolute atomic E-state index is 14.3. The number of rotatable bonds is 3. The van der Waals surface area contributed by atoms with Crippen LogP contribution in [-0.4, -0.2) is 14.5 Å². The molecular formula is C23H14F3N3O. The van der Waals surface area contributed by atoms with Gasteiger partial charge in [-0.1, -0.05) is 12.1 Å². The van der Waals surface area contributed by atoms with E-state index in [9.17, 15) is 18.0 Å². The van der Waals surface area contributed by atoms with Gasteiger partial charge >= 0.3 is 0 Å². The Labute approximate surface area is 168 Å². The molecular weight excluding hydrogens is 391 g/mol. The van der Waals surface area contributed by atoms with Crippen molar-refractivity contribution in [3.63, 3.8) is 0 Å². The number of nitrogens with one attached hydrogen (secondary N) is 1. The van der Waals surface area contributed by atoms with Gasteiger partial charge in [0.15, 0.2) is 11.6 Å². The van der Waals surface area contributed by atoms with Crippen molar-refractivity contribution < 1.29 is 13.2 Å². The summed E-state index contributed by atoms with van der Waals surface area (Å²) in [5.41, 5.74) is 2.02. The average Bonchev–Trinajstić information content (AvgIpc) is 3.10. The molecule has 148 valence electrons. The first-order chi connectivity index (χ1) is 14.5. The molecule has 7 heteroatoms. The maximum Gasteiger partial charge on any atom is 0.248 e. The summed E-state index contributed by atoms with van der Waals surface area (Å²) >= 11 is 0. The number of halogens is 3. The molecule has 0 bridgehead atoms. The van der Waals surface area contributed by atoms with E-state index >= 15 is 0 Å². The van der Waals surface area contributed by atoms with Gasteiger partial charge in [-0.2, -0.15) is 0 Å². The minimum absolute atomic E-state index is 0.176. The fourth-order valence-corrected chi connectivity index (χ4v) is 3.69. The van der Waals surface area contributed by atoms with Crippen molar-refractivity contribution in [3.05, 3.63) is 100 Å². The molecule has 4 nitrogen and oxygen atoms in total. The highest BCUT2D eigenvalue weighted by atomic mass is 19.2. The second kappa shape index (κ2) is 6.88. The SMILES string of the molecule is O=c1cc(Cn2c(-c3ccc(F)cc3)nc3ccccc32)c2ccc(F)c(F)c2[nH]1. The van der Waals surface area contributed by atoms with Crippen LogP contribution in [-0.2, 0) is 6.54 Å². The Bertz CT molecular complexity index is 1470. The number of aromatic nitrogens is 3. The zero-order valence-electron chi connectivity index (χ0n) is 15.5. The van der Waals surface area contributed by atoms with Crippen LogP contribution in [0.5, 0.6) is 0 Å². The topological polar surface area (TPSA) is 50.7 Å². The van der Waals surface area contributed by atoms with Crippen molar-refractivity contribution in [2.24, 2.45) is 0 Å². The van der Waals surface area contributed by atoms with E-state index in [4.69, 9.17) is 0 Å². The molecule has 2 heterocycles. The zero-order chi connectivity index (χ0) is 20.8. The molecule has 0 aliphatic carbocycles. The quantitative estimate of drug-likeness (QED) is 0.459. The molecule has 5 rings (SSSR count). The summed E-state index contributed by atoms with van der Waals surface area (Å²) in [7, 11) is 0. The number of nitrogens with zero attached hydrogens (tertiary/aromatic N) is 2. The van der Waals surface area contributed by atoms with Gasteiger partial charge in [-0.15, -0.1) is 0 Å². The largest absolute Gasteiger partial charge is 0.319 e. The van der Waals surface area contributed by atoms with E-state index in [-0.39, 0.29) is 17.9 Å². The highest BCUT2D eigenvalue weighted by molar-refractivity contribution is 5.84. The van der Waals surface area contributed by atoms with Crippen LogP contribution < -0.4 is 5.56 Å². The van der Waals surface area contributed by atoms with Crippen molar-refractivity contribution >= 4 is 21.9 Å². The summed E-state index contributed by atoms with van der Waals surface area (Å²) in [6.45, 7) is 0.193. The third kappa shape index (κ3) is 2.95. The van der Waals surface area contributed by atoms with Crippen LogP contribution in [0, 0.1) is 17.5 Å². The molecule has 0 atom stereocenters. The third-order valence-electron chi connectivity index (χ3n) is 5.08. The predicted octanol–water partition coefficient (Wildman–Crippen LogP) is 5.01. The van der Waals surface area contributed by atoms with Crippen molar-refractivity contribution in [2.75, 3.05) is 0 Å². The third-order valence-corrected chi connectivity index (χ3v) is 5.08. The number of aromatic amines is 1. The molecule has 1 N–H and O–H groups in total. The molecule has 30 heavy (non-hydrogen) atoms. The van der Waals surface area contributed by atoms with E-state index in [1.54, 1.807) is 12.1 Å². The molecule has 2 aromatic heterocycles. The molecule has 0 saturated heterocycles. The van der Waals surface area contributed by atoms with E-state index < -0.39 is 17.2 Å². The standard InChI is InChI=1S/C23H14F3N3O/c24-15-7-5-13(6-8-15)23-27-18-3-1-2-4-19(18)29(23)12-14-11-20(30)28-22-16(14)9-10-17(25)21(22)26/h1-11H,12H2,(H,28,30). The first-order valence-electron chi connectivity index (χ1n) is 9.22. The molecule has 0 aliphatic heterocycles. The smallest absolute Gasteiger partial charge is 0.248 e. The van der Waals surface area contributed by atoms with E-state index in [2.05, 4.69) is 9.97 Å². The van der Waals surface area contributed by atoms with E-state index in [0.717, 1.165) is 17.1 Å². The van der Waals surface area contributed by atoms with Crippen molar-refractivity contribution in [1.29, 1.82) is 0 Å². The average molecular weight is 405 g/mol. The van der Waals surface area contributed by atoms with Crippen LogP contribution in [0.4, 0.5) is 13.2 Å². The van der Waals surface area contributed by atoms with Crippen LogP contribution >= 0.6 is 0 Å². The molecule has 0 spiro atoms. The lowest BCUT2D eigenvalue weighted by molar-refractivity contribution is 0.515. The van der Waals surface area contributed by atoms with Gasteiger partial charge in [-0.25, -0.2) is 18.2 Å². The minimum Gasteiger partial charge on any atom is -0.319 e. The fraction of sp³-hybridized carbons (Fsp3) is 0.0435. The van der Waals surface area contributed by atoms with Crippen LogP contribution in [0.2, 0.25) is 0 Å². The Morgan fingerprint density at radius 1 is 0.933 bits per heavy atom. The summed E-state index contributed by atoms with van der Waals surface area (Å²) in [5.74, 6) is -1.91. The summed E-state index contributed by atoms with van der Waals surface area (Å²) in [4.78, 5) is 19.2. The van der Waals surface area contributed by atoms with Gasteiger partial charge in [0.05, 0.1) is 23.1 Å². The molecule has 0 fully saturated rings. The molecule has 0 radical (unpaired) electrons. The number of fused-ring (bicyclic) bond motifs is 2. The fourth-order valence-electron chi connectivity index (χ4n) is 3.69. The molecule has 5 aromatic rings. The van der Waals surface area contributed by atoms with Gasteiger partial charge in [-0.3, -0.25) is 4.79 Å². The van der Waals surface area contributed by atoms with Gasteiger partial charge in [0.2, 0.25) is 5.56 Å². The van der Waals surface area contributed by atoms with Gasteiger partial charge < -0.3 is 9.55 Å². The van der Waals surface area contributed by atoms with E-state index in [1.807, 2.05) is 28.8 Å². The number of para-hydroxylation sites is 2. The van der Waals surface area contributed by atoms with Gasteiger partial charge in [0.25, 0.3) is 0 Å². The summed E-state index contributed by atoms with van der Waals surface area (Å²) in [5, 5.41) is 0.399. The highest BCUT2D eigenvalue weighted by Crippen LogP contribution is 2.28. The monoisotopic (exact) mass is 405 g/mol. The second-order valence-electron chi connectivity index (χ2n) is 6.96. The van der Waals surface area contributed by atoms with E-state index in [0.29, 0.717) is 22.3 Å². The Morgan fingerprint density at radius 2 is 1.70 bits per heavy atom. The number of imidazole rings is 1. The van der Waals surface area contributed by atoms with Crippen molar-refractivity contribution in [1.82, 2.24) is 14.5 Å². The molecule has 0 amide bonds. The normalized spacial score (nSPS) is 11.4. The van der Waals surface area contributed by atoms with Crippen LogP contribution in [0.25, 0.3) is 33.3 Å². The number of hydrogen-bond donors (Lipinski definition) is 1. The Balaban J connectivity index is 1.75. The number of benzene rings is 3. The van der Waals surface area contributed by atoms with Gasteiger partial charge in [0.1, 0.15) is 11.6 Å². The van der Waals surface area contributed by atoms with Crippen LogP contribution in [0.3, 0.4) is 0 Å². The van der Waals surface area contributed by atoms with Gasteiger partial charge in [0, 0.05) is 17.0 Å². The Morgan fingerprint density at radius 3 is 2.50 bits per heavy atom. The van der Waals surface area contributed by atoms with E-state index in [1.165, 1.54) is 24.3 Å². The number of pyridine rings is 1. The van der Waals surface area contributed by atoms with Gasteiger partial charge in [-0.05, 0) is 54.1 Å². The maximum atomic E-state index is 14.3. The summed E-state index contributed by atoms with van der Waals surface area (Å²) in [6, 6.07) is 17.2. The first-order valence-corrected chi connectivity index (χ1v) is 9.22. The zero-order valence-corrected chi connectivity index (χ0v) is 15.5. The predicted molar refractivity (Wildman–Crippen MR) is 109 cm³/mol. The lowest BCUT2D eigenvalue weighted by Gasteiger charge is -2.12. The molecule has 0 saturated carbocycles. The number of hydrogen-bond acceptors (Lipinski definition) is 2. The van der Waals surface area contributed by atoms with Crippen molar-refractivity contribution in [3.8, 4) is 11.4 Å².